The molecule has 0 spiro atoms. The van der Waals surface area contributed by atoms with Gasteiger partial charge in [0.05, 0.1) is 0 Å². The lowest BCUT2D eigenvalue weighted by Crippen LogP contribution is -2.13. The van der Waals surface area contributed by atoms with Crippen LogP contribution in [0.25, 0.3) is 0 Å². The second kappa shape index (κ2) is 4.84. The summed E-state index contributed by atoms with van der Waals surface area (Å²) in [5.74, 6) is 0.243. The molecule has 0 radical (unpaired) electrons. The number of Topliss-reactive ketones (excluding diaryl/α,β-unsaturated/α-hetero) is 1. The molecular formula is C13H18OS. The number of carbonyl (C=O) groups is 1. The molecule has 0 saturated carbocycles. The first kappa shape index (κ1) is 12.3. The maximum atomic E-state index is 12.0. The lowest BCUT2D eigenvalue weighted by molar-refractivity contribution is 0.0937. The van der Waals surface area contributed by atoms with Crippen molar-refractivity contribution in [2.24, 2.45) is 5.41 Å². The second-order valence-electron chi connectivity index (χ2n) is 4.86. The largest absolute Gasteiger partial charge is 0.294 e. The van der Waals surface area contributed by atoms with Crippen LogP contribution in [0.4, 0.5) is 0 Å². The first-order valence-electron chi connectivity index (χ1n) is 5.10. The van der Waals surface area contributed by atoms with Crippen molar-refractivity contribution in [3.05, 3.63) is 29.8 Å². The van der Waals surface area contributed by atoms with Crippen molar-refractivity contribution in [3.63, 3.8) is 0 Å². The van der Waals surface area contributed by atoms with Crippen molar-refractivity contribution in [1.29, 1.82) is 0 Å². The van der Waals surface area contributed by atoms with Gasteiger partial charge in [-0.1, -0.05) is 39.0 Å². The number of rotatable bonds is 3. The van der Waals surface area contributed by atoms with Gasteiger partial charge < -0.3 is 0 Å². The van der Waals surface area contributed by atoms with E-state index < -0.39 is 0 Å². The molecule has 0 aliphatic carbocycles. The molecule has 0 heterocycles. The summed E-state index contributed by atoms with van der Waals surface area (Å²) < 4.78 is 0. The van der Waals surface area contributed by atoms with E-state index in [1.54, 1.807) is 11.8 Å². The van der Waals surface area contributed by atoms with Gasteiger partial charge in [0.2, 0.25) is 0 Å². The van der Waals surface area contributed by atoms with Crippen LogP contribution in [0.15, 0.2) is 29.2 Å². The molecule has 0 bridgehead atoms. The molecule has 1 aromatic rings. The molecule has 82 valence electrons. The average Bonchev–Trinajstić information content (AvgIpc) is 2.15. The smallest absolute Gasteiger partial charge is 0.164 e. The van der Waals surface area contributed by atoms with E-state index in [0.717, 1.165) is 10.5 Å². The highest BCUT2D eigenvalue weighted by molar-refractivity contribution is 7.98. The van der Waals surface area contributed by atoms with Crippen LogP contribution in [0, 0.1) is 5.41 Å². The molecule has 0 N–H and O–H groups in total. The van der Waals surface area contributed by atoms with Gasteiger partial charge in [0, 0.05) is 16.9 Å². The van der Waals surface area contributed by atoms with Crippen LogP contribution >= 0.6 is 11.8 Å². The highest BCUT2D eigenvalue weighted by atomic mass is 32.2. The van der Waals surface area contributed by atoms with Gasteiger partial charge in [-0.3, -0.25) is 4.79 Å². The fourth-order valence-electron chi connectivity index (χ4n) is 1.45. The quantitative estimate of drug-likeness (QED) is 0.567. The van der Waals surface area contributed by atoms with E-state index in [1.165, 1.54) is 0 Å². The summed E-state index contributed by atoms with van der Waals surface area (Å²) >= 11 is 1.63. The Bertz CT molecular complexity index is 350. The Hall–Kier alpha value is -0.760. The molecule has 15 heavy (non-hydrogen) atoms. The van der Waals surface area contributed by atoms with Gasteiger partial charge in [0.1, 0.15) is 0 Å². The highest BCUT2D eigenvalue weighted by Gasteiger charge is 2.18. The second-order valence-corrected chi connectivity index (χ2v) is 5.71. The summed E-state index contributed by atoms with van der Waals surface area (Å²) in [6.07, 6.45) is 2.60. The van der Waals surface area contributed by atoms with E-state index in [1.807, 2.05) is 30.5 Å². The van der Waals surface area contributed by atoms with E-state index in [2.05, 4.69) is 20.8 Å². The topological polar surface area (TPSA) is 17.1 Å². The Kier molecular flexibility index (Phi) is 3.97. The van der Waals surface area contributed by atoms with Crippen LogP contribution in [0.3, 0.4) is 0 Å². The van der Waals surface area contributed by atoms with Gasteiger partial charge in [-0.2, -0.15) is 0 Å². The SMILES string of the molecule is CSc1ccccc1C(=O)CC(C)(C)C. The monoisotopic (exact) mass is 222 g/mol. The van der Waals surface area contributed by atoms with Crippen molar-refractivity contribution in [2.45, 2.75) is 32.1 Å². The minimum Gasteiger partial charge on any atom is -0.294 e. The zero-order chi connectivity index (χ0) is 11.5. The zero-order valence-corrected chi connectivity index (χ0v) is 10.6. The van der Waals surface area contributed by atoms with E-state index in [4.69, 9.17) is 0 Å². The molecule has 0 saturated heterocycles. The summed E-state index contributed by atoms with van der Waals surface area (Å²) in [6.45, 7) is 6.27. The number of thioether (sulfide) groups is 1. The number of benzene rings is 1. The Morgan fingerprint density at radius 1 is 1.27 bits per heavy atom. The third-order valence-electron chi connectivity index (χ3n) is 2.10. The lowest BCUT2D eigenvalue weighted by atomic mass is 9.88. The zero-order valence-electron chi connectivity index (χ0n) is 9.83. The summed E-state index contributed by atoms with van der Waals surface area (Å²) in [7, 11) is 0. The fourth-order valence-corrected chi connectivity index (χ4v) is 2.07. The molecular weight excluding hydrogens is 204 g/mol. The molecule has 0 aliphatic rings. The molecule has 1 rings (SSSR count). The minimum atomic E-state index is 0.0581. The summed E-state index contributed by atoms with van der Waals surface area (Å²) in [6, 6.07) is 7.82. The van der Waals surface area contributed by atoms with Gasteiger partial charge in [-0.15, -0.1) is 11.8 Å². The maximum absolute atomic E-state index is 12.0. The number of ketones is 1. The Morgan fingerprint density at radius 2 is 1.87 bits per heavy atom. The highest BCUT2D eigenvalue weighted by Crippen LogP contribution is 2.26. The predicted octanol–water partition coefficient (Wildman–Crippen LogP) is 4.03. The van der Waals surface area contributed by atoms with Gasteiger partial charge in [-0.25, -0.2) is 0 Å². The van der Waals surface area contributed by atoms with Crippen LogP contribution in [0.2, 0.25) is 0 Å². The third kappa shape index (κ3) is 3.71. The molecule has 0 aromatic heterocycles. The molecule has 0 amide bonds. The molecule has 1 nitrogen and oxygen atoms in total. The van der Waals surface area contributed by atoms with E-state index in [0.29, 0.717) is 6.42 Å². The molecule has 0 atom stereocenters. The van der Waals surface area contributed by atoms with Gasteiger partial charge in [-0.05, 0) is 17.7 Å². The predicted molar refractivity (Wildman–Crippen MR) is 66.6 cm³/mol. The standard InChI is InChI=1S/C13H18OS/c1-13(2,3)9-11(14)10-7-5-6-8-12(10)15-4/h5-8H,9H2,1-4H3. The summed E-state index contributed by atoms with van der Waals surface area (Å²) in [5, 5.41) is 0. The number of hydrogen-bond donors (Lipinski definition) is 0. The van der Waals surface area contributed by atoms with E-state index in [9.17, 15) is 4.79 Å². The van der Waals surface area contributed by atoms with Crippen LogP contribution < -0.4 is 0 Å². The molecule has 2 heteroatoms. The van der Waals surface area contributed by atoms with Gasteiger partial charge in [0.25, 0.3) is 0 Å². The minimum absolute atomic E-state index is 0.0581. The van der Waals surface area contributed by atoms with Crippen LogP contribution in [0.5, 0.6) is 0 Å². The Labute approximate surface area is 96.3 Å². The van der Waals surface area contributed by atoms with Gasteiger partial charge >= 0.3 is 0 Å². The van der Waals surface area contributed by atoms with Crippen molar-refractivity contribution in [3.8, 4) is 0 Å². The normalized spacial score (nSPS) is 11.5. The van der Waals surface area contributed by atoms with Crippen LogP contribution in [-0.2, 0) is 0 Å². The van der Waals surface area contributed by atoms with Gasteiger partial charge in [0.15, 0.2) is 5.78 Å². The molecule has 0 unspecified atom stereocenters. The Morgan fingerprint density at radius 3 is 2.40 bits per heavy atom. The first-order valence-corrected chi connectivity index (χ1v) is 6.33. The van der Waals surface area contributed by atoms with Crippen LogP contribution in [0.1, 0.15) is 37.6 Å². The van der Waals surface area contributed by atoms with Crippen molar-refractivity contribution in [2.75, 3.05) is 6.26 Å². The summed E-state index contributed by atoms with van der Waals surface area (Å²) in [4.78, 5) is 13.1. The van der Waals surface area contributed by atoms with Crippen LogP contribution in [-0.4, -0.2) is 12.0 Å². The first-order chi connectivity index (χ1) is 6.94. The molecule has 1 aromatic carbocycles. The summed E-state index contributed by atoms with van der Waals surface area (Å²) in [5.41, 5.74) is 0.919. The van der Waals surface area contributed by atoms with E-state index in [-0.39, 0.29) is 11.2 Å². The van der Waals surface area contributed by atoms with Crippen molar-refractivity contribution < 1.29 is 4.79 Å². The van der Waals surface area contributed by atoms with E-state index >= 15 is 0 Å². The lowest BCUT2D eigenvalue weighted by Gasteiger charge is -2.17. The number of carbonyl (C=O) groups excluding carboxylic acids is 1. The molecule has 0 fully saturated rings. The average molecular weight is 222 g/mol. The molecule has 0 aliphatic heterocycles. The third-order valence-corrected chi connectivity index (χ3v) is 2.89. The number of hydrogen-bond acceptors (Lipinski definition) is 2. The van der Waals surface area contributed by atoms with Crippen molar-refractivity contribution >= 4 is 17.5 Å². The fraction of sp³-hybridized carbons (Fsp3) is 0.462. The van der Waals surface area contributed by atoms with Crippen molar-refractivity contribution in [1.82, 2.24) is 0 Å². The Balaban J connectivity index is 2.91. The maximum Gasteiger partial charge on any atom is 0.164 e.